The molecule has 110 valence electrons. The number of para-hydroxylation sites is 1. The number of nitro benzene ring substituents is 1. The summed E-state index contributed by atoms with van der Waals surface area (Å²) in [6.45, 7) is 0. The molecule has 1 heterocycles. The summed E-state index contributed by atoms with van der Waals surface area (Å²) >= 11 is 0.581. The number of carbonyl (C=O) groups excluding carboxylic acids is 1. The molecule has 1 amide bonds. The van der Waals surface area contributed by atoms with E-state index < -0.39 is 28.4 Å². The van der Waals surface area contributed by atoms with Crippen LogP contribution in [0.4, 0.5) is 24.0 Å². The Hall–Kier alpha value is -2.49. The maximum atomic E-state index is 12.4. The van der Waals surface area contributed by atoms with E-state index in [0.717, 1.165) is 11.4 Å². The molecule has 0 bridgehead atoms. The Morgan fingerprint density at radius 1 is 1.33 bits per heavy atom. The molecule has 0 saturated heterocycles. The molecule has 1 aromatic carbocycles. The van der Waals surface area contributed by atoms with Crippen LogP contribution in [0.2, 0.25) is 0 Å². The van der Waals surface area contributed by atoms with Crippen LogP contribution in [-0.4, -0.2) is 15.8 Å². The van der Waals surface area contributed by atoms with E-state index in [0.29, 0.717) is 11.3 Å². The SMILES string of the molecule is O=C(Nc1nc(C(F)(F)F)cs1)c1ccccc1[N+](=O)[O-]. The zero-order valence-electron chi connectivity index (χ0n) is 10.0. The van der Waals surface area contributed by atoms with Crippen LogP contribution in [0.5, 0.6) is 0 Å². The Bertz CT molecular complexity index is 699. The second kappa shape index (κ2) is 5.48. The van der Waals surface area contributed by atoms with Crippen molar-refractivity contribution < 1.29 is 22.9 Å². The number of nitrogens with zero attached hydrogens (tertiary/aromatic N) is 2. The Kier molecular flexibility index (Phi) is 3.89. The van der Waals surface area contributed by atoms with Gasteiger partial charge in [-0.3, -0.25) is 20.2 Å². The molecule has 1 N–H and O–H groups in total. The van der Waals surface area contributed by atoms with Crippen molar-refractivity contribution in [1.82, 2.24) is 4.98 Å². The van der Waals surface area contributed by atoms with Crippen molar-refractivity contribution in [3.8, 4) is 0 Å². The highest BCUT2D eigenvalue weighted by Crippen LogP contribution is 2.32. The molecule has 0 aliphatic rings. The van der Waals surface area contributed by atoms with Gasteiger partial charge >= 0.3 is 6.18 Å². The number of hydrogen-bond donors (Lipinski definition) is 1. The molecule has 0 aliphatic carbocycles. The summed E-state index contributed by atoms with van der Waals surface area (Å²) in [4.78, 5) is 25.1. The first-order valence-electron chi connectivity index (χ1n) is 5.36. The molecular formula is C11H6F3N3O3S. The van der Waals surface area contributed by atoms with Crippen molar-refractivity contribution in [2.24, 2.45) is 0 Å². The Balaban J connectivity index is 2.23. The third-order valence-electron chi connectivity index (χ3n) is 2.36. The van der Waals surface area contributed by atoms with Gasteiger partial charge in [0.1, 0.15) is 5.56 Å². The van der Waals surface area contributed by atoms with Crippen LogP contribution < -0.4 is 5.32 Å². The molecule has 0 atom stereocenters. The predicted molar refractivity (Wildman–Crippen MR) is 68.2 cm³/mol. The van der Waals surface area contributed by atoms with Crippen molar-refractivity contribution in [2.75, 3.05) is 5.32 Å². The first kappa shape index (κ1) is 14.9. The van der Waals surface area contributed by atoms with Gasteiger partial charge in [0.15, 0.2) is 10.8 Å². The minimum Gasteiger partial charge on any atom is -0.298 e. The van der Waals surface area contributed by atoms with Gasteiger partial charge in [0.05, 0.1) is 4.92 Å². The van der Waals surface area contributed by atoms with Crippen LogP contribution in [0.15, 0.2) is 29.6 Å². The molecule has 1 aromatic heterocycles. The lowest BCUT2D eigenvalue weighted by atomic mass is 10.1. The Morgan fingerprint density at radius 2 is 2.00 bits per heavy atom. The molecule has 0 spiro atoms. The van der Waals surface area contributed by atoms with Gasteiger partial charge in [-0.1, -0.05) is 12.1 Å². The van der Waals surface area contributed by atoms with E-state index in [1.807, 2.05) is 0 Å². The summed E-state index contributed by atoms with van der Waals surface area (Å²) in [5.74, 6) is -0.898. The van der Waals surface area contributed by atoms with Gasteiger partial charge < -0.3 is 0 Å². The third-order valence-corrected chi connectivity index (χ3v) is 3.12. The molecule has 2 aromatic rings. The molecule has 2 rings (SSSR count). The second-order valence-corrected chi connectivity index (χ2v) is 4.62. The molecule has 0 radical (unpaired) electrons. The average molecular weight is 317 g/mol. The summed E-state index contributed by atoms with van der Waals surface area (Å²) < 4.78 is 37.1. The molecule has 0 aliphatic heterocycles. The highest BCUT2D eigenvalue weighted by atomic mass is 32.1. The zero-order chi connectivity index (χ0) is 15.6. The number of hydrogen-bond acceptors (Lipinski definition) is 5. The monoisotopic (exact) mass is 317 g/mol. The smallest absolute Gasteiger partial charge is 0.298 e. The van der Waals surface area contributed by atoms with E-state index in [9.17, 15) is 28.1 Å². The number of amides is 1. The summed E-state index contributed by atoms with van der Waals surface area (Å²) in [5, 5.41) is 13.3. The number of anilines is 1. The van der Waals surface area contributed by atoms with Gasteiger partial charge in [-0.25, -0.2) is 4.98 Å². The zero-order valence-corrected chi connectivity index (χ0v) is 10.9. The van der Waals surface area contributed by atoms with Crippen molar-refractivity contribution in [1.29, 1.82) is 0 Å². The normalized spacial score (nSPS) is 11.2. The van der Waals surface area contributed by atoms with Crippen LogP contribution in [0, 0.1) is 10.1 Å². The van der Waals surface area contributed by atoms with E-state index in [2.05, 4.69) is 10.3 Å². The van der Waals surface area contributed by atoms with Gasteiger partial charge in [0.2, 0.25) is 0 Å². The van der Waals surface area contributed by atoms with E-state index in [1.165, 1.54) is 18.2 Å². The summed E-state index contributed by atoms with van der Waals surface area (Å²) in [6.07, 6.45) is -4.61. The van der Waals surface area contributed by atoms with Crippen LogP contribution in [0.1, 0.15) is 16.1 Å². The Morgan fingerprint density at radius 3 is 2.57 bits per heavy atom. The molecule has 0 fully saturated rings. The number of rotatable bonds is 3. The lowest BCUT2D eigenvalue weighted by Gasteiger charge is -2.03. The van der Waals surface area contributed by atoms with Crippen LogP contribution in [0.3, 0.4) is 0 Å². The topological polar surface area (TPSA) is 85.1 Å². The first-order chi connectivity index (χ1) is 9.79. The van der Waals surface area contributed by atoms with Gasteiger partial charge in [-0.2, -0.15) is 13.2 Å². The van der Waals surface area contributed by atoms with Gasteiger partial charge in [-0.15, -0.1) is 11.3 Å². The number of benzene rings is 1. The summed E-state index contributed by atoms with van der Waals surface area (Å²) in [7, 11) is 0. The standard InChI is InChI=1S/C11H6F3N3O3S/c12-11(13,14)8-5-21-10(15-8)16-9(18)6-3-1-2-4-7(6)17(19)20/h1-5H,(H,15,16,18). The number of carbonyl (C=O) groups is 1. The highest BCUT2D eigenvalue weighted by Gasteiger charge is 2.34. The van der Waals surface area contributed by atoms with E-state index in [1.54, 1.807) is 0 Å². The number of halogens is 3. The van der Waals surface area contributed by atoms with Crippen molar-refractivity contribution >= 4 is 28.1 Å². The molecule has 0 saturated carbocycles. The minimum absolute atomic E-state index is 0.258. The molecular weight excluding hydrogens is 311 g/mol. The van der Waals surface area contributed by atoms with Crippen molar-refractivity contribution in [3.63, 3.8) is 0 Å². The highest BCUT2D eigenvalue weighted by molar-refractivity contribution is 7.14. The second-order valence-electron chi connectivity index (χ2n) is 3.76. The lowest BCUT2D eigenvalue weighted by molar-refractivity contribution is -0.385. The number of nitro groups is 1. The predicted octanol–water partition coefficient (Wildman–Crippen LogP) is 3.32. The fourth-order valence-electron chi connectivity index (χ4n) is 1.45. The van der Waals surface area contributed by atoms with E-state index in [4.69, 9.17) is 0 Å². The van der Waals surface area contributed by atoms with E-state index in [-0.39, 0.29) is 10.7 Å². The van der Waals surface area contributed by atoms with Crippen LogP contribution in [-0.2, 0) is 6.18 Å². The fourth-order valence-corrected chi connectivity index (χ4v) is 2.16. The largest absolute Gasteiger partial charge is 0.434 e. The quantitative estimate of drug-likeness (QED) is 0.695. The summed E-state index contributed by atoms with van der Waals surface area (Å²) in [6, 6.07) is 5.11. The number of alkyl halides is 3. The molecule has 10 heteroatoms. The maximum Gasteiger partial charge on any atom is 0.434 e. The maximum absolute atomic E-state index is 12.4. The number of aromatic nitrogens is 1. The summed E-state index contributed by atoms with van der Waals surface area (Å²) in [5.41, 5.74) is -1.83. The number of thiazole rings is 1. The van der Waals surface area contributed by atoms with Crippen molar-refractivity contribution in [3.05, 3.63) is 51.0 Å². The van der Waals surface area contributed by atoms with Crippen LogP contribution in [0.25, 0.3) is 0 Å². The van der Waals surface area contributed by atoms with Gasteiger partial charge in [-0.05, 0) is 6.07 Å². The fraction of sp³-hybridized carbons (Fsp3) is 0.0909. The molecule has 0 unspecified atom stereocenters. The van der Waals surface area contributed by atoms with Gasteiger partial charge in [0, 0.05) is 11.4 Å². The Labute approximate surface area is 119 Å². The minimum atomic E-state index is -4.61. The van der Waals surface area contributed by atoms with Crippen molar-refractivity contribution in [2.45, 2.75) is 6.18 Å². The third kappa shape index (κ3) is 3.34. The van der Waals surface area contributed by atoms with E-state index >= 15 is 0 Å². The average Bonchev–Trinajstić information content (AvgIpc) is 2.87. The molecule has 21 heavy (non-hydrogen) atoms. The number of nitrogens with one attached hydrogen (secondary N) is 1. The van der Waals surface area contributed by atoms with Crippen LogP contribution >= 0.6 is 11.3 Å². The lowest BCUT2D eigenvalue weighted by Crippen LogP contribution is -2.14. The first-order valence-corrected chi connectivity index (χ1v) is 6.24. The molecule has 6 nitrogen and oxygen atoms in total. The van der Waals surface area contributed by atoms with Gasteiger partial charge in [0.25, 0.3) is 11.6 Å².